The molecule has 0 aromatic carbocycles. The van der Waals surface area contributed by atoms with Gasteiger partial charge in [-0.25, -0.2) is 4.79 Å². The molecule has 0 bridgehead atoms. The standard InChI is InChI=1S/C9H11NO2S/c1-2-3-4-5-10-6-8(7-13)9(11)12/h2-5H2,1H3/p+1. The molecule has 0 fully saturated rings. The third-order valence-corrected chi connectivity index (χ3v) is 1.58. The van der Waals surface area contributed by atoms with Crippen LogP contribution in [0.4, 0.5) is 0 Å². The lowest BCUT2D eigenvalue weighted by molar-refractivity contribution is -0.132. The average Bonchev–Trinajstić information content (AvgIpc) is 2.10. The summed E-state index contributed by atoms with van der Waals surface area (Å²) in [7, 11) is 0. The Hall–Kier alpha value is -1.17. The monoisotopic (exact) mass is 198 g/mol. The van der Waals surface area contributed by atoms with Crippen LogP contribution in [-0.4, -0.2) is 22.6 Å². The second-order valence-electron chi connectivity index (χ2n) is 2.48. The van der Waals surface area contributed by atoms with Crippen LogP contribution in [0.15, 0.2) is 5.57 Å². The minimum atomic E-state index is -1.13. The van der Waals surface area contributed by atoms with E-state index in [0.717, 1.165) is 19.3 Å². The first kappa shape index (κ1) is 11.8. The molecule has 13 heavy (non-hydrogen) atoms. The number of rotatable bonds is 4. The molecule has 0 rings (SSSR count). The van der Waals surface area contributed by atoms with Crippen molar-refractivity contribution in [3.05, 3.63) is 10.4 Å². The first-order valence-corrected chi connectivity index (χ1v) is 4.54. The summed E-state index contributed by atoms with van der Waals surface area (Å²) in [4.78, 5) is 14.2. The third-order valence-electron chi connectivity index (χ3n) is 1.38. The number of nitrogens with zero attached hydrogens (tertiary/aromatic N) is 1. The highest BCUT2D eigenvalue weighted by molar-refractivity contribution is 7.78. The van der Waals surface area contributed by atoms with Gasteiger partial charge in [0.05, 0.1) is 0 Å². The van der Waals surface area contributed by atoms with Gasteiger partial charge in [-0.05, 0) is 23.7 Å². The first-order chi connectivity index (χ1) is 6.22. The van der Waals surface area contributed by atoms with Crippen molar-refractivity contribution in [2.75, 3.05) is 6.54 Å². The number of hydrogen-bond acceptors (Lipinski definition) is 2. The molecule has 70 valence electrons. The third kappa shape index (κ3) is 6.03. The summed E-state index contributed by atoms with van der Waals surface area (Å²) in [5, 5.41) is 10.6. The van der Waals surface area contributed by atoms with Crippen LogP contribution in [0.1, 0.15) is 26.2 Å². The van der Waals surface area contributed by atoms with Gasteiger partial charge >= 0.3 is 12.0 Å². The average molecular weight is 198 g/mol. The second kappa shape index (κ2) is 7.48. The summed E-state index contributed by atoms with van der Waals surface area (Å²) in [6.07, 6.45) is 3.16. The van der Waals surface area contributed by atoms with Crippen molar-refractivity contribution in [2.45, 2.75) is 26.2 Å². The fraction of sp³-hybridized carbons (Fsp3) is 0.556. The Morgan fingerprint density at radius 3 is 2.69 bits per heavy atom. The Kier molecular flexibility index (Phi) is 6.80. The molecule has 0 saturated carbocycles. The lowest BCUT2D eigenvalue weighted by atomic mass is 10.2. The SMILES string of the molecule is CCCCC[N+]#CC(=C=S)C(=O)O. The molecule has 1 N–H and O–H groups in total. The zero-order valence-electron chi connectivity index (χ0n) is 7.54. The van der Waals surface area contributed by atoms with Crippen LogP contribution >= 0.6 is 12.2 Å². The zero-order valence-corrected chi connectivity index (χ0v) is 8.36. The van der Waals surface area contributed by atoms with Crippen molar-refractivity contribution in [3.8, 4) is 6.07 Å². The van der Waals surface area contributed by atoms with Crippen molar-refractivity contribution in [1.29, 1.82) is 0 Å². The molecule has 0 aromatic heterocycles. The Labute approximate surface area is 82.9 Å². The van der Waals surface area contributed by atoms with E-state index in [0.29, 0.717) is 6.54 Å². The Bertz CT molecular complexity index is 282. The Morgan fingerprint density at radius 2 is 2.23 bits per heavy atom. The number of unbranched alkanes of at least 4 members (excludes halogenated alkanes) is 2. The van der Waals surface area contributed by atoms with Gasteiger partial charge in [0.15, 0.2) is 0 Å². The van der Waals surface area contributed by atoms with Gasteiger partial charge in [-0.2, -0.15) is 0 Å². The summed E-state index contributed by atoms with van der Waals surface area (Å²) in [5.74, 6) is -1.13. The molecule has 0 atom stereocenters. The topological polar surface area (TPSA) is 41.7 Å². The second-order valence-corrected chi connectivity index (χ2v) is 2.69. The van der Waals surface area contributed by atoms with E-state index in [4.69, 9.17) is 5.11 Å². The maximum atomic E-state index is 10.4. The lowest BCUT2D eigenvalue weighted by Gasteiger charge is -1.81. The molecule has 0 aliphatic heterocycles. The molecule has 0 aliphatic carbocycles. The van der Waals surface area contributed by atoms with Gasteiger partial charge in [0, 0.05) is 6.42 Å². The van der Waals surface area contributed by atoms with Crippen LogP contribution in [0.2, 0.25) is 0 Å². The zero-order chi connectivity index (χ0) is 10.1. The minimum absolute atomic E-state index is 0.175. The van der Waals surface area contributed by atoms with E-state index >= 15 is 0 Å². The van der Waals surface area contributed by atoms with Gasteiger partial charge < -0.3 is 5.11 Å². The fourth-order valence-electron chi connectivity index (χ4n) is 0.690. The maximum absolute atomic E-state index is 10.4. The van der Waals surface area contributed by atoms with Crippen LogP contribution in [0, 0.1) is 6.07 Å². The minimum Gasteiger partial charge on any atom is -0.477 e. The molecule has 0 radical (unpaired) electrons. The number of carboxylic acid groups (broad SMARTS) is 1. The maximum Gasteiger partial charge on any atom is 0.359 e. The van der Waals surface area contributed by atoms with Gasteiger partial charge in [0.2, 0.25) is 5.57 Å². The Morgan fingerprint density at radius 1 is 1.54 bits per heavy atom. The van der Waals surface area contributed by atoms with E-state index in [1.165, 1.54) is 0 Å². The van der Waals surface area contributed by atoms with Crippen LogP contribution in [0.5, 0.6) is 0 Å². The fourth-order valence-corrected chi connectivity index (χ4v) is 0.823. The molecular weight excluding hydrogens is 186 g/mol. The normalized spacial score (nSPS) is 8.08. The Balaban J connectivity index is 3.94. The van der Waals surface area contributed by atoms with Gasteiger partial charge in [0.25, 0.3) is 6.54 Å². The van der Waals surface area contributed by atoms with E-state index in [9.17, 15) is 4.79 Å². The quantitative estimate of drug-likeness (QED) is 0.325. The van der Waals surface area contributed by atoms with Gasteiger partial charge in [0.1, 0.15) is 0 Å². The van der Waals surface area contributed by atoms with Crippen molar-refractivity contribution >= 4 is 23.2 Å². The molecule has 4 heteroatoms. The van der Waals surface area contributed by atoms with Crippen molar-refractivity contribution in [3.63, 3.8) is 0 Å². The predicted octanol–water partition coefficient (Wildman–Crippen LogP) is 2.12. The van der Waals surface area contributed by atoms with E-state index < -0.39 is 5.97 Å². The molecule has 0 aliphatic rings. The molecular formula is C9H12NO2S+. The van der Waals surface area contributed by atoms with Crippen molar-refractivity contribution in [1.82, 2.24) is 0 Å². The number of hydrogen-bond donors (Lipinski definition) is 1. The van der Waals surface area contributed by atoms with Crippen LogP contribution in [-0.2, 0) is 4.79 Å². The van der Waals surface area contributed by atoms with E-state index in [1.54, 1.807) is 0 Å². The number of carboxylic acids is 1. The van der Waals surface area contributed by atoms with E-state index in [1.807, 2.05) is 0 Å². The van der Waals surface area contributed by atoms with E-state index in [2.05, 4.69) is 35.1 Å². The predicted molar refractivity (Wildman–Crippen MR) is 55.4 cm³/mol. The molecule has 0 saturated heterocycles. The van der Waals surface area contributed by atoms with Crippen LogP contribution in [0.25, 0.3) is 4.85 Å². The summed E-state index contributed by atoms with van der Waals surface area (Å²) in [5.41, 5.74) is -0.175. The molecule has 0 unspecified atom stereocenters. The van der Waals surface area contributed by atoms with Gasteiger partial charge in [-0.3, -0.25) is 0 Å². The van der Waals surface area contributed by atoms with E-state index in [-0.39, 0.29) is 5.57 Å². The molecule has 0 aromatic rings. The smallest absolute Gasteiger partial charge is 0.359 e. The van der Waals surface area contributed by atoms with Crippen LogP contribution < -0.4 is 0 Å². The molecule has 0 heterocycles. The van der Waals surface area contributed by atoms with Crippen LogP contribution in [0.3, 0.4) is 0 Å². The summed E-state index contributed by atoms with van der Waals surface area (Å²) in [6, 6.07) is 2.35. The number of aliphatic carboxylic acids is 1. The van der Waals surface area contributed by atoms with Crippen molar-refractivity contribution in [2.24, 2.45) is 0 Å². The van der Waals surface area contributed by atoms with Crippen molar-refractivity contribution < 1.29 is 9.90 Å². The first-order valence-electron chi connectivity index (χ1n) is 4.13. The summed E-state index contributed by atoms with van der Waals surface area (Å²) >= 11 is 4.36. The number of carbonyl (C=O) groups is 1. The number of thiocarbonyl (C=S) groups is 1. The summed E-state index contributed by atoms with van der Waals surface area (Å²) < 4.78 is 0. The largest absolute Gasteiger partial charge is 0.477 e. The highest BCUT2D eigenvalue weighted by Gasteiger charge is 2.08. The summed E-state index contributed by atoms with van der Waals surface area (Å²) in [6.45, 7) is 2.69. The molecule has 3 nitrogen and oxygen atoms in total. The highest BCUT2D eigenvalue weighted by atomic mass is 32.1. The van der Waals surface area contributed by atoms with Gasteiger partial charge in [-0.15, -0.1) is 0 Å². The molecule has 0 spiro atoms. The molecule has 0 amide bonds. The lowest BCUT2D eigenvalue weighted by Crippen LogP contribution is -1.97. The van der Waals surface area contributed by atoms with Gasteiger partial charge in [-0.1, -0.05) is 18.2 Å². The highest BCUT2D eigenvalue weighted by Crippen LogP contribution is 1.94.